The first-order chi connectivity index (χ1) is 22.7. The van der Waals surface area contributed by atoms with Crippen molar-refractivity contribution in [3.63, 3.8) is 0 Å². The number of nitrogens with two attached hydrogens (primary N) is 1. The number of carbonyl (C=O) groups is 2. The third-order valence-electron chi connectivity index (χ3n) is 10.2. The van der Waals surface area contributed by atoms with Crippen LogP contribution in [0.3, 0.4) is 0 Å². The maximum Gasteiger partial charge on any atom is 0.326 e. The second kappa shape index (κ2) is 14.4. The smallest absolute Gasteiger partial charge is 0.326 e. The number of likely N-dealkylation sites (N-methyl/N-ethyl adjacent to an activating group) is 1. The fourth-order valence-corrected chi connectivity index (χ4v) is 7.70. The Morgan fingerprint density at radius 3 is 2.45 bits per heavy atom. The van der Waals surface area contributed by atoms with E-state index >= 15 is 0 Å². The van der Waals surface area contributed by atoms with Gasteiger partial charge in [-0.05, 0) is 82.1 Å². The number of terminal acetylenes is 1. The van der Waals surface area contributed by atoms with Crippen molar-refractivity contribution in [2.75, 3.05) is 65.1 Å². The Labute approximate surface area is 281 Å². The Balaban J connectivity index is 1.13. The van der Waals surface area contributed by atoms with Gasteiger partial charge in [-0.3, -0.25) is 14.3 Å². The van der Waals surface area contributed by atoms with Crippen molar-refractivity contribution < 1.29 is 9.59 Å². The molecule has 6 rings (SSSR count). The van der Waals surface area contributed by atoms with Crippen LogP contribution in [0.25, 0.3) is 11.0 Å². The molecule has 0 spiro atoms. The summed E-state index contributed by atoms with van der Waals surface area (Å²) < 4.78 is 1.80. The summed E-state index contributed by atoms with van der Waals surface area (Å²) in [6.45, 7) is 6.54. The van der Waals surface area contributed by atoms with E-state index in [4.69, 9.17) is 23.8 Å². The number of amides is 3. The molecule has 47 heavy (non-hydrogen) atoms. The van der Waals surface area contributed by atoms with E-state index in [0.717, 1.165) is 62.0 Å². The van der Waals surface area contributed by atoms with E-state index in [0.29, 0.717) is 61.3 Å². The van der Waals surface area contributed by atoms with Gasteiger partial charge in [-0.25, -0.2) is 9.59 Å². The Bertz CT molecular complexity index is 1700. The van der Waals surface area contributed by atoms with Gasteiger partial charge in [0.15, 0.2) is 0 Å². The number of rotatable bonds is 6. The fraction of sp³-hybridized carbons (Fsp3) is 0.514. The van der Waals surface area contributed by atoms with Crippen LogP contribution in [0, 0.1) is 12.3 Å². The zero-order valence-electron chi connectivity index (χ0n) is 27.1. The summed E-state index contributed by atoms with van der Waals surface area (Å²) in [5, 5.41) is 3.39. The molecule has 1 atom stereocenters. The first-order valence-corrected chi connectivity index (χ1v) is 17.1. The van der Waals surface area contributed by atoms with Crippen molar-refractivity contribution in [2.24, 2.45) is 0 Å². The van der Waals surface area contributed by atoms with E-state index < -0.39 is 6.04 Å². The maximum absolute atomic E-state index is 14.1. The number of hydrogen-bond acceptors (Lipinski definition) is 6. The van der Waals surface area contributed by atoms with Crippen molar-refractivity contribution in [1.29, 1.82) is 0 Å². The van der Waals surface area contributed by atoms with Crippen molar-refractivity contribution in [2.45, 2.75) is 56.7 Å². The summed E-state index contributed by atoms with van der Waals surface area (Å²) in [4.78, 5) is 52.1. The van der Waals surface area contributed by atoms with Crippen LogP contribution in [-0.2, 0) is 11.2 Å². The van der Waals surface area contributed by atoms with Gasteiger partial charge in [0.2, 0.25) is 5.91 Å². The highest BCUT2D eigenvalue weighted by Crippen LogP contribution is 2.27. The van der Waals surface area contributed by atoms with E-state index in [2.05, 4.69) is 33.1 Å². The molecule has 0 aliphatic carbocycles. The van der Waals surface area contributed by atoms with Gasteiger partial charge < -0.3 is 30.7 Å². The summed E-state index contributed by atoms with van der Waals surface area (Å²) in [5.41, 5.74) is 9.12. The number of nitrogen functional groups attached to an aromatic ring is 1. The zero-order valence-corrected chi connectivity index (χ0v) is 27.8. The Morgan fingerprint density at radius 1 is 1.00 bits per heavy atom. The molecule has 0 saturated carbocycles. The number of H-pyrrole nitrogens is 1. The monoisotopic (exact) mass is 660 g/mol. The van der Waals surface area contributed by atoms with Crippen LogP contribution in [0.5, 0.6) is 0 Å². The lowest BCUT2D eigenvalue weighted by Gasteiger charge is -2.39. The standard InChI is InChI=1S/C35H45ClN8O3/c1-3-25-21-24(22-28(36)32(25)37)23-30(33(45)42-15-9-26(10-16-42)41-14-6-13-40(2)19-20-41)39-34(46)43-17-11-27(12-18-43)44-31-8-5-4-7-29(31)38-35(44)47/h1,4-5,7-8,21-22,26-27,30H,6,9-20,23,37H2,2H3,(H,38,47)(H,39,46)/t30-/m1/s1. The number of carbonyl (C=O) groups excluding carboxylic acids is 2. The number of hydrogen-bond donors (Lipinski definition) is 3. The average Bonchev–Trinajstić information content (AvgIpc) is 3.26. The van der Waals surface area contributed by atoms with E-state index in [1.165, 1.54) is 0 Å². The van der Waals surface area contributed by atoms with Crippen molar-refractivity contribution in [1.82, 2.24) is 34.5 Å². The predicted molar refractivity (Wildman–Crippen MR) is 186 cm³/mol. The summed E-state index contributed by atoms with van der Waals surface area (Å²) in [6.07, 6.45) is 10.2. The summed E-state index contributed by atoms with van der Waals surface area (Å²) in [6, 6.07) is 10.5. The van der Waals surface area contributed by atoms with Gasteiger partial charge in [0, 0.05) is 63.3 Å². The highest BCUT2D eigenvalue weighted by molar-refractivity contribution is 6.33. The molecule has 3 aliphatic heterocycles. The van der Waals surface area contributed by atoms with Gasteiger partial charge >= 0.3 is 11.7 Å². The molecule has 2 aromatic carbocycles. The third kappa shape index (κ3) is 7.30. The van der Waals surface area contributed by atoms with Crippen LogP contribution in [0.2, 0.25) is 5.02 Å². The van der Waals surface area contributed by atoms with Gasteiger partial charge in [0.1, 0.15) is 6.04 Å². The minimum atomic E-state index is -0.801. The second-order valence-corrected chi connectivity index (χ2v) is 13.6. The number of aromatic nitrogens is 2. The van der Waals surface area contributed by atoms with Gasteiger partial charge in [-0.1, -0.05) is 29.7 Å². The largest absolute Gasteiger partial charge is 0.397 e. The zero-order chi connectivity index (χ0) is 33.1. The van der Waals surface area contributed by atoms with E-state index in [9.17, 15) is 14.4 Å². The van der Waals surface area contributed by atoms with Crippen LogP contribution in [0.15, 0.2) is 41.2 Å². The molecule has 0 radical (unpaired) electrons. The van der Waals surface area contributed by atoms with Gasteiger partial charge in [-0.15, -0.1) is 6.42 Å². The first kappa shape index (κ1) is 32.9. The van der Waals surface area contributed by atoms with Gasteiger partial charge in [-0.2, -0.15) is 0 Å². The Kier molecular flexibility index (Phi) is 10.1. The second-order valence-electron chi connectivity index (χ2n) is 13.2. The molecule has 0 unspecified atom stereocenters. The molecule has 3 aliphatic rings. The summed E-state index contributed by atoms with van der Waals surface area (Å²) in [7, 11) is 2.17. The molecule has 0 bridgehead atoms. The van der Waals surface area contributed by atoms with Crippen molar-refractivity contribution in [3.8, 4) is 12.3 Å². The van der Waals surface area contributed by atoms with E-state index in [1.807, 2.05) is 29.2 Å². The van der Waals surface area contributed by atoms with Crippen molar-refractivity contribution >= 4 is 40.3 Å². The average molecular weight is 661 g/mol. The number of fused-ring (bicyclic) bond motifs is 1. The third-order valence-corrected chi connectivity index (χ3v) is 10.5. The SMILES string of the molecule is C#Cc1cc(C[C@@H](NC(=O)N2CCC(n3c(=O)[nH]c4ccccc43)CC2)C(=O)N2CCC(N3CCCN(C)CC3)CC2)cc(Cl)c1N. The molecule has 3 fully saturated rings. The highest BCUT2D eigenvalue weighted by Gasteiger charge is 2.34. The van der Waals surface area contributed by atoms with E-state index in [-0.39, 0.29) is 30.1 Å². The molecule has 12 heteroatoms. The predicted octanol–water partition coefficient (Wildman–Crippen LogP) is 3.13. The van der Waals surface area contributed by atoms with Crippen molar-refractivity contribution in [3.05, 3.63) is 63.0 Å². The number of anilines is 1. The first-order valence-electron chi connectivity index (χ1n) is 16.7. The number of halogens is 1. The summed E-state index contributed by atoms with van der Waals surface area (Å²) in [5.74, 6) is 2.47. The maximum atomic E-state index is 14.1. The number of imidazole rings is 1. The summed E-state index contributed by atoms with van der Waals surface area (Å²) >= 11 is 6.41. The molecule has 4 heterocycles. The number of nitrogens with zero attached hydrogens (tertiary/aromatic N) is 5. The Morgan fingerprint density at radius 2 is 1.70 bits per heavy atom. The Hall–Kier alpha value is -3.98. The van der Waals surface area contributed by atoms with Gasteiger partial charge in [0.05, 0.1) is 21.7 Å². The molecule has 11 nitrogen and oxygen atoms in total. The normalized spacial score (nSPS) is 19.8. The van der Waals surface area contributed by atoms with Crippen LogP contribution >= 0.6 is 11.6 Å². The molecule has 3 aromatic rings. The van der Waals surface area contributed by atoms with Crippen LogP contribution < -0.4 is 16.7 Å². The molecule has 3 amide bonds. The number of nitrogens with one attached hydrogen (secondary N) is 2. The molecule has 1 aromatic heterocycles. The van der Waals surface area contributed by atoms with Crippen LogP contribution in [-0.4, -0.2) is 113 Å². The molecule has 250 valence electrons. The van der Waals surface area contributed by atoms with Gasteiger partial charge in [0.25, 0.3) is 0 Å². The molecular formula is C35H45ClN8O3. The minimum Gasteiger partial charge on any atom is -0.397 e. The number of urea groups is 1. The number of para-hydroxylation sites is 2. The topological polar surface area (TPSA) is 123 Å². The fourth-order valence-electron chi connectivity index (χ4n) is 7.45. The number of aromatic amines is 1. The van der Waals surface area contributed by atoms with E-state index in [1.54, 1.807) is 21.6 Å². The molecular weight excluding hydrogens is 616 g/mol. The van der Waals surface area contributed by atoms with Crippen LogP contribution in [0.1, 0.15) is 49.3 Å². The quantitative estimate of drug-likeness (QED) is 0.276. The minimum absolute atomic E-state index is 0.0230. The lowest BCUT2D eigenvalue weighted by molar-refractivity contribution is -0.134. The highest BCUT2D eigenvalue weighted by atomic mass is 35.5. The lowest BCUT2D eigenvalue weighted by atomic mass is 9.98. The number of benzene rings is 2. The lowest BCUT2D eigenvalue weighted by Crippen LogP contribution is -2.56. The number of piperidine rings is 2. The molecule has 3 saturated heterocycles. The number of likely N-dealkylation sites (tertiary alicyclic amines) is 2. The molecule has 4 N–H and O–H groups in total. The van der Waals surface area contributed by atoms with Crippen LogP contribution in [0.4, 0.5) is 10.5 Å².